The molecule has 4 aliphatic rings. The van der Waals surface area contributed by atoms with Gasteiger partial charge in [0.2, 0.25) is 6.29 Å². The Kier molecular flexibility index (Phi) is 13.6. The number of aliphatic hydroxyl groups excluding tert-OH is 6. The average molecular weight is 881 g/mol. The summed E-state index contributed by atoms with van der Waals surface area (Å²) in [6.07, 6.45) is -16.1. The van der Waals surface area contributed by atoms with E-state index >= 15 is 0 Å². The second-order valence-electron chi connectivity index (χ2n) is 15.3. The van der Waals surface area contributed by atoms with Crippen molar-refractivity contribution in [1.29, 1.82) is 0 Å². The molecule has 0 amide bonds. The van der Waals surface area contributed by atoms with Crippen molar-refractivity contribution in [1.82, 2.24) is 0 Å². The van der Waals surface area contributed by atoms with Gasteiger partial charge in [-0.15, -0.1) is 0 Å². The lowest BCUT2D eigenvalue weighted by Crippen LogP contribution is -2.61. The predicted molar refractivity (Wildman–Crippen MR) is 214 cm³/mol. The summed E-state index contributed by atoms with van der Waals surface area (Å²) in [7, 11) is 3.10. The van der Waals surface area contributed by atoms with Crippen LogP contribution in [0.4, 0.5) is 0 Å². The number of carbonyl (C=O) groups is 2. The zero-order valence-corrected chi connectivity index (χ0v) is 34.1. The number of phenolic OH excluding ortho intramolecular Hbond substituents is 3. The first-order valence-corrected chi connectivity index (χ1v) is 19.9. The van der Waals surface area contributed by atoms with E-state index in [2.05, 4.69) is 0 Å². The van der Waals surface area contributed by atoms with E-state index in [9.17, 15) is 55.5 Å². The highest BCUT2D eigenvalue weighted by atomic mass is 16.7. The van der Waals surface area contributed by atoms with Crippen molar-refractivity contribution >= 4 is 11.6 Å². The number of Topliss-reactive ketones (excluding diaryl/α,β-unsaturated/α-hetero) is 2. The Morgan fingerprint density at radius 3 is 1.87 bits per heavy atom. The predicted octanol–water partition coefficient (Wildman–Crippen LogP) is 1.95. The highest BCUT2D eigenvalue weighted by Crippen LogP contribution is 2.44. The summed E-state index contributed by atoms with van der Waals surface area (Å²) in [5.74, 6) is -0.339. The number of methoxy groups -OCH3 is 2. The zero-order valence-electron chi connectivity index (χ0n) is 34.1. The van der Waals surface area contributed by atoms with Gasteiger partial charge in [-0.05, 0) is 30.2 Å². The summed E-state index contributed by atoms with van der Waals surface area (Å²) < 4.78 is 44.4. The molecular weight excluding hydrogens is 832 g/mol. The first-order valence-electron chi connectivity index (χ1n) is 19.9. The van der Waals surface area contributed by atoms with Gasteiger partial charge in [-0.3, -0.25) is 9.59 Å². The molecule has 19 heteroatoms. The molecule has 4 aliphatic heterocycles. The van der Waals surface area contributed by atoms with Crippen molar-refractivity contribution in [2.45, 2.75) is 93.4 Å². The first-order chi connectivity index (χ1) is 30.1. The quantitative estimate of drug-likeness (QED) is 0.109. The van der Waals surface area contributed by atoms with Crippen molar-refractivity contribution < 1.29 is 93.4 Å². The number of aliphatic hydroxyl groups is 6. The van der Waals surface area contributed by atoms with Gasteiger partial charge in [0.15, 0.2) is 29.4 Å². The van der Waals surface area contributed by atoms with Crippen LogP contribution in [-0.2, 0) is 14.2 Å². The largest absolute Gasteiger partial charge is 0.507 e. The molecule has 0 bridgehead atoms. The zero-order chi connectivity index (χ0) is 45.3. The second-order valence-corrected chi connectivity index (χ2v) is 15.3. The van der Waals surface area contributed by atoms with Crippen molar-refractivity contribution in [2.24, 2.45) is 0 Å². The lowest BCUT2D eigenvalue weighted by Gasteiger charge is -2.42. The summed E-state index contributed by atoms with van der Waals surface area (Å²) >= 11 is 0. The molecule has 2 saturated heterocycles. The van der Waals surface area contributed by atoms with E-state index in [1.54, 1.807) is 19.2 Å². The van der Waals surface area contributed by atoms with Crippen LogP contribution in [0.3, 0.4) is 0 Å². The Hall–Kier alpha value is -5.74. The van der Waals surface area contributed by atoms with E-state index in [-0.39, 0.29) is 41.1 Å². The number of benzene rings is 4. The minimum Gasteiger partial charge on any atom is -0.507 e. The standard InChI is InChI=1S/C27H32O15.C17H16O4/c1-9-20(32)22(34)24(36)26(39-9)38-8-18-21(33)23(35)25(37)27(42-18)40-11-5-14(30)19-15(31)7-16(41-17(19)6-11)10-2-3-12(28)13(29)4-10;1-19-12-8-15(20-2)17-13(18)10-14(21-16(17)9-12)11-6-4-3-5-7-11/h2-6,9,16,18,20-30,32-37H,7-8H2,1H3;3-9,14H,10H2,1-2H3/t9-,16?,18+,20-,21+,22+,23-,24+,25+,26+,27+;/m0./s1. The molecule has 8 rings (SSSR count). The van der Waals surface area contributed by atoms with Gasteiger partial charge in [-0.25, -0.2) is 0 Å². The normalized spacial score (nSPS) is 30.0. The van der Waals surface area contributed by atoms with Gasteiger partial charge in [-0.1, -0.05) is 36.4 Å². The lowest BCUT2D eigenvalue weighted by molar-refractivity contribution is -0.318. The molecule has 2 unspecified atom stereocenters. The summed E-state index contributed by atoms with van der Waals surface area (Å²) in [4.78, 5) is 25.3. The topological polar surface area (TPSA) is 290 Å². The lowest BCUT2D eigenvalue weighted by atomic mass is 9.95. The fourth-order valence-electron chi connectivity index (χ4n) is 7.57. The van der Waals surface area contributed by atoms with Crippen LogP contribution < -0.4 is 23.7 Å². The van der Waals surface area contributed by atoms with Crippen molar-refractivity contribution in [3.05, 3.63) is 95.1 Å². The number of hydrogen-bond acceptors (Lipinski definition) is 19. The monoisotopic (exact) mass is 880 g/mol. The molecule has 63 heavy (non-hydrogen) atoms. The maximum atomic E-state index is 12.8. The van der Waals surface area contributed by atoms with Crippen LogP contribution in [0.1, 0.15) is 63.8 Å². The molecule has 4 heterocycles. The molecule has 9 N–H and O–H groups in total. The third-order valence-electron chi connectivity index (χ3n) is 11.1. The Balaban J connectivity index is 0.000000236. The van der Waals surface area contributed by atoms with Crippen LogP contribution in [0, 0.1) is 0 Å². The minimum atomic E-state index is -1.78. The van der Waals surface area contributed by atoms with E-state index in [0.29, 0.717) is 34.8 Å². The number of rotatable bonds is 9. The van der Waals surface area contributed by atoms with E-state index < -0.39 is 91.4 Å². The smallest absolute Gasteiger partial charge is 0.229 e. The van der Waals surface area contributed by atoms with Gasteiger partial charge >= 0.3 is 0 Å². The molecular formula is C44H48O19. The molecule has 0 radical (unpaired) electrons. The van der Waals surface area contributed by atoms with Gasteiger partial charge < -0.3 is 83.9 Å². The first kappa shape index (κ1) is 45.3. The van der Waals surface area contributed by atoms with Crippen LogP contribution in [0.2, 0.25) is 0 Å². The van der Waals surface area contributed by atoms with Crippen LogP contribution in [0.5, 0.6) is 46.0 Å². The molecule has 338 valence electrons. The molecule has 12 atom stereocenters. The van der Waals surface area contributed by atoms with Crippen molar-refractivity contribution in [3.8, 4) is 46.0 Å². The van der Waals surface area contributed by atoms with Gasteiger partial charge in [0, 0.05) is 24.3 Å². The molecule has 4 aromatic carbocycles. The summed E-state index contributed by atoms with van der Waals surface area (Å²) in [6, 6.07) is 19.4. The number of phenols is 3. The minimum absolute atomic E-state index is 0.0182. The van der Waals surface area contributed by atoms with Crippen LogP contribution in [-0.4, -0.2) is 140 Å². The number of ether oxygens (including phenoxy) is 8. The van der Waals surface area contributed by atoms with Gasteiger partial charge in [0.25, 0.3) is 0 Å². The van der Waals surface area contributed by atoms with Crippen LogP contribution in [0.25, 0.3) is 0 Å². The Morgan fingerprint density at radius 2 is 1.21 bits per heavy atom. The maximum absolute atomic E-state index is 12.8. The molecule has 0 aliphatic carbocycles. The summed E-state index contributed by atoms with van der Waals surface area (Å²) in [5, 5.41) is 91.3. The third-order valence-corrected chi connectivity index (χ3v) is 11.1. The number of aromatic hydroxyl groups is 3. The average Bonchev–Trinajstić information content (AvgIpc) is 3.27. The molecule has 0 saturated carbocycles. The van der Waals surface area contributed by atoms with E-state index in [4.69, 9.17) is 37.9 Å². The highest BCUT2D eigenvalue weighted by molar-refractivity contribution is 6.03. The number of carbonyl (C=O) groups excluding carboxylic acids is 2. The number of fused-ring (bicyclic) bond motifs is 2. The highest BCUT2D eigenvalue weighted by Gasteiger charge is 2.47. The van der Waals surface area contributed by atoms with Crippen molar-refractivity contribution in [3.63, 3.8) is 0 Å². The van der Waals surface area contributed by atoms with Gasteiger partial charge in [0.05, 0.1) is 39.8 Å². The van der Waals surface area contributed by atoms with Gasteiger partial charge in [-0.2, -0.15) is 0 Å². The summed E-state index contributed by atoms with van der Waals surface area (Å²) in [6.45, 7) is 0.949. The molecule has 19 nitrogen and oxygen atoms in total. The fourth-order valence-corrected chi connectivity index (χ4v) is 7.57. The van der Waals surface area contributed by atoms with E-state index in [0.717, 1.165) is 11.6 Å². The fraction of sp³-hybridized carbons (Fsp3) is 0.409. The summed E-state index contributed by atoms with van der Waals surface area (Å²) in [5.41, 5.74) is 1.73. The molecule has 4 aromatic rings. The Bertz CT molecular complexity index is 2270. The SMILES string of the molecule is COc1cc(OC)c2c(c1)OC(c1ccccc1)CC2=O.C[C@@H]1O[C@@H](OC[C@H]2O[C@@H](Oc3cc(O)c4c(c3)OC(c3ccc(O)c(O)c3)CC4=O)[C@H](O)[C@@H](O)[C@@H]2O)[C@H](O)[C@H](O)[C@H]1O. The maximum Gasteiger partial charge on any atom is 0.229 e. The van der Waals surface area contributed by atoms with E-state index in [1.807, 2.05) is 30.3 Å². The van der Waals surface area contributed by atoms with Gasteiger partial charge in [0.1, 0.15) is 101 Å². The third kappa shape index (κ3) is 9.47. The molecule has 0 spiro atoms. The Morgan fingerprint density at radius 1 is 0.587 bits per heavy atom. The Labute approximate surface area is 359 Å². The molecule has 0 aromatic heterocycles. The second kappa shape index (κ2) is 18.9. The van der Waals surface area contributed by atoms with Crippen LogP contribution in [0.15, 0.2) is 72.8 Å². The molecule has 2 fully saturated rings. The van der Waals surface area contributed by atoms with Crippen LogP contribution >= 0.6 is 0 Å². The van der Waals surface area contributed by atoms with Crippen molar-refractivity contribution in [2.75, 3.05) is 20.8 Å². The van der Waals surface area contributed by atoms with E-state index in [1.165, 1.54) is 38.3 Å². The number of ketones is 2. The number of hydrogen-bond donors (Lipinski definition) is 9.